The second kappa shape index (κ2) is 27.2. The Morgan fingerprint density at radius 3 is 1.56 bits per heavy atom. The van der Waals surface area contributed by atoms with Crippen LogP contribution in [-0.4, -0.2) is 56.8 Å². The first-order valence-corrected chi connectivity index (χ1v) is 27.3. The lowest BCUT2D eigenvalue weighted by atomic mass is 10.1. The number of carbonyl (C=O) groups excluding carboxylic acids is 3. The van der Waals surface area contributed by atoms with Gasteiger partial charge in [-0.15, -0.1) is 0 Å². The van der Waals surface area contributed by atoms with Gasteiger partial charge in [-0.05, 0) is 141 Å². The molecular formula is C61H48Br2Cl2FN5O10. The first kappa shape index (κ1) is 58.7. The summed E-state index contributed by atoms with van der Waals surface area (Å²) in [4.78, 5) is 80.9. The average molecular weight is 1260 g/mol. The van der Waals surface area contributed by atoms with Crippen molar-refractivity contribution in [1.29, 1.82) is 0 Å². The number of benzene rings is 6. The zero-order valence-electron chi connectivity index (χ0n) is 43.4. The average Bonchev–Trinajstić information content (AvgIpc) is 3.49. The summed E-state index contributed by atoms with van der Waals surface area (Å²) in [6, 6.07) is 40.6. The zero-order valence-corrected chi connectivity index (χ0v) is 48.1. The topological polar surface area (TPSA) is 190 Å². The molecule has 412 valence electrons. The maximum Gasteiger partial charge on any atom is 0.343 e. The number of nitrogens with one attached hydrogen (secondary N) is 2. The van der Waals surface area contributed by atoms with Gasteiger partial charge >= 0.3 is 17.9 Å². The van der Waals surface area contributed by atoms with Gasteiger partial charge in [0.1, 0.15) is 28.3 Å². The van der Waals surface area contributed by atoms with Gasteiger partial charge in [0.25, 0.3) is 0 Å². The number of rotatable bonds is 14. The number of ether oxygens (including phenoxy) is 4. The largest absolute Gasteiger partial charge is 0.462 e. The lowest BCUT2D eigenvalue weighted by molar-refractivity contribution is 0.0514. The molecule has 0 spiro atoms. The van der Waals surface area contributed by atoms with Gasteiger partial charge in [-0.3, -0.25) is 14.4 Å². The molecule has 10 rings (SSSR count). The number of hydrogen-bond donors (Lipinski definition) is 2. The normalized spacial score (nSPS) is 10.8. The van der Waals surface area contributed by atoms with Crippen molar-refractivity contribution < 1.29 is 37.7 Å². The van der Waals surface area contributed by atoms with Gasteiger partial charge in [0, 0.05) is 84.3 Å². The molecule has 2 N–H and O–H groups in total. The highest BCUT2D eigenvalue weighted by Gasteiger charge is 2.20. The summed E-state index contributed by atoms with van der Waals surface area (Å²) in [5, 5.41) is 5.94. The molecule has 0 saturated carbocycles. The first-order chi connectivity index (χ1) is 39.0. The van der Waals surface area contributed by atoms with Crippen LogP contribution in [0.4, 0.5) is 15.8 Å². The molecule has 0 bridgehead atoms. The monoisotopic (exact) mass is 1260 g/mol. The summed E-state index contributed by atoms with van der Waals surface area (Å²) in [6.07, 6.45) is 5.57. The van der Waals surface area contributed by atoms with Crippen molar-refractivity contribution in [1.82, 2.24) is 19.1 Å². The zero-order chi connectivity index (χ0) is 57.7. The fourth-order valence-corrected chi connectivity index (χ4v) is 9.21. The van der Waals surface area contributed by atoms with Crippen LogP contribution in [0.25, 0.3) is 32.7 Å². The Morgan fingerprint density at radius 2 is 1.04 bits per heavy atom. The van der Waals surface area contributed by atoms with Crippen LogP contribution in [0.5, 0.6) is 11.6 Å². The minimum Gasteiger partial charge on any atom is -0.462 e. The summed E-state index contributed by atoms with van der Waals surface area (Å²) in [5.41, 5.74) is 4.55. The molecule has 20 heteroatoms. The number of halogens is 5. The fourth-order valence-electron chi connectivity index (χ4n) is 8.25. The number of aromatic amines is 1. The van der Waals surface area contributed by atoms with E-state index in [-0.39, 0.29) is 53.2 Å². The summed E-state index contributed by atoms with van der Waals surface area (Å²) < 4.78 is 39.1. The maximum atomic E-state index is 13.2. The van der Waals surface area contributed by atoms with Crippen molar-refractivity contribution in [3.8, 4) is 11.6 Å². The lowest BCUT2D eigenvalue weighted by Gasteiger charge is -2.15. The van der Waals surface area contributed by atoms with Crippen molar-refractivity contribution >= 4 is 117 Å². The van der Waals surface area contributed by atoms with E-state index < -0.39 is 29.2 Å². The Hall–Kier alpha value is -8.42. The number of pyridine rings is 4. The number of anilines is 2. The van der Waals surface area contributed by atoms with Crippen molar-refractivity contribution in [3.63, 3.8) is 0 Å². The third-order valence-corrected chi connectivity index (χ3v) is 13.5. The van der Waals surface area contributed by atoms with E-state index in [1.807, 2.05) is 69.8 Å². The van der Waals surface area contributed by atoms with E-state index in [9.17, 15) is 33.2 Å². The summed E-state index contributed by atoms with van der Waals surface area (Å²) in [6.45, 7) is 6.64. The molecule has 0 aliphatic rings. The molecule has 0 fully saturated rings. The molecule has 81 heavy (non-hydrogen) atoms. The SMILES string of the molecule is CCOC(=O)c1c[nH]c2cc(Br)ccc2c1=O.CCOC(=O)c1cn(Cc2ccc(Cl)cc2)c2cc(Br)ccc2c1=O.CCOC(=O)c1cn(Cc2ccc(Cl)cc2)c2cc(Nc3ccc(Oc4ccc(F)cn4)cc3)ccc2c1=O. The Kier molecular flexibility index (Phi) is 19.7. The molecule has 0 radical (unpaired) electrons. The smallest absolute Gasteiger partial charge is 0.343 e. The fraction of sp³-hybridized carbons (Fsp3) is 0.131. The highest BCUT2D eigenvalue weighted by Crippen LogP contribution is 2.27. The van der Waals surface area contributed by atoms with Crippen molar-refractivity contribution in [2.24, 2.45) is 0 Å². The van der Waals surface area contributed by atoms with Gasteiger partial charge in [-0.1, -0.05) is 79.3 Å². The van der Waals surface area contributed by atoms with Gasteiger partial charge in [0.05, 0.1) is 42.6 Å². The third-order valence-electron chi connectivity index (χ3n) is 12.1. The van der Waals surface area contributed by atoms with Gasteiger partial charge in [0.2, 0.25) is 22.2 Å². The van der Waals surface area contributed by atoms with Crippen molar-refractivity contribution in [2.75, 3.05) is 25.1 Å². The van der Waals surface area contributed by atoms with E-state index in [1.165, 1.54) is 24.5 Å². The second-order valence-electron chi connectivity index (χ2n) is 17.6. The van der Waals surface area contributed by atoms with E-state index in [4.69, 9.17) is 42.1 Å². The molecule has 0 aliphatic heterocycles. The number of esters is 3. The number of nitrogens with zero attached hydrogens (tertiary/aromatic N) is 3. The molecule has 10 aromatic rings. The van der Waals surface area contributed by atoms with Crippen LogP contribution >= 0.6 is 55.1 Å². The maximum absolute atomic E-state index is 13.2. The Balaban J connectivity index is 0.000000175. The molecule has 4 aromatic heterocycles. The van der Waals surface area contributed by atoms with E-state index >= 15 is 0 Å². The number of carbonyl (C=O) groups is 3. The minimum atomic E-state index is -0.658. The van der Waals surface area contributed by atoms with Gasteiger partial charge in [-0.2, -0.15) is 0 Å². The van der Waals surface area contributed by atoms with Crippen LogP contribution < -0.4 is 26.3 Å². The number of fused-ring (bicyclic) bond motifs is 3. The first-order valence-electron chi connectivity index (χ1n) is 25.0. The van der Waals surface area contributed by atoms with Crippen LogP contribution in [0.15, 0.2) is 188 Å². The summed E-state index contributed by atoms with van der Waals surface area (Å²) in [5.74, 6) is -1.47. The lowest BCUT2D eigenvalue weighted by Crippen LogP contribution is -2.21. The Morgan fingerprint density at radius 1 is 0.568 bits per heavy atom. The molecule has 4 heterocycles. The van der Waals surface area contributed by atoms with E-state index in [0.717, 1.165) is 43.2 Å². The Labute approximate surface area is 489 Å². The number of hydrogen-bond acceptors (Lipinski definition) is 12. The Bertz CT molecular complexity index is 4120. The summed E-state index contributed by atoms with van der Waals surface area (Å²) in [7, 11) is 0. The van der Waals surface area contributed by atoms with Crippen LogP contribution in [0.1, 0.15) is 63.0 Å². The predicted molar refractivity (Wildman–Crippen MR) is 319 cm³/mol. The molecule has 0 amide bonds. The molecule has 0 saturated heterocycles. The van der Waals surface area contributed by atoms with Crippen LogP contribution in [0.2, 0.25) is 10.0 Å². The number of aromatic nitrogens is 4. The predicted octanol–water partition coefficient (Wildman–Crippen LogP) is 14.1. The summed E-state index contributed by atoms with van der Waals surface area (Å²) >= 11 is 18.7. The molecule has 6 aromatic carbocycles. The minimum absolute atomic E-state index is 0.0229. The van der Waals surface area contributed by atoms with E-state index in [1.54, 1.807) is 93.7 Å². The molecule has 15 nitrogen and oxygen atoms in total. The van der Waals surface area contributed by atoms with Crippen LogP contribution in [-0.2, 0) is 27.3 Å². The van der Waals surface area contributed by atoms with Crippen molar-refractivity contribution in [3.05, 3.63) is 248 Å². The number of H-pyrrole nitrogens is 1. The van der Waals surface area contributed by atoms with Gasteiger partial charge in [-0.25, -0.2) is 23.8 Å². The highest BCUT2D eigenvalue weighted by atomic mass is 79.9. The molecule has 0 unspecified atom stereocenters. The van der Waals surface area contributed by atoms with Gasteiger partial charge in [0.15, 0.2) is 0 Å². The van der Waals surface area contributed by atoms with Crippen LogP contribution in [0.3, 0.4) is 0 Å². The molecular weight excluding hydrogens is 1210 g/mol. The molecule has 0 atom stereocenters. The standard InChI is InChI=1S/C30H23ClFN3O4.C19H15BrClNO3.C12H10BrNO3/c1-2-38-30(37)26-18-35(17-19-3-5-20(31)6-4-19)27-15-23(10-13-25(27)29(26)36)34-22-8-11-24(12-9-22)39-28-14-7-21(32)16-33-28;1-2-25-19(24)16-11-22(10-12-3-6-14(21)7-4-12)17-9-13(20)5-8-15(17)18(16)23;1-2-17-12(16)9-6-14-10-5-7(13)3-4-8(10)11(9)15/h3-16,18,34H,2,17H2,1H3;3-9,11H,2,10H2,1H3;3-6H,2H2,1H3,(H,14,15). The van der Waals surface area contributed by atoms with Crippen LogP contribution in [0, 0.1) is 5.82 Å². The molecule has 0 aliphatic carbocycles. The quantitative estimate of drug-likeness (QED) is 0.0775. The van der Waals surface area contributed by atoms with E-state index in [2.05, 4.69) is 47.1 Å². The third kappa shape index (κ3) is 14.9. The van der Waals surface area contributed by atoms with Gasteiger partial charge < -0.3 is 38.4 Å². The highest BCUT2D eigenvalue weighted by molar-refractivity contribution is 9.10. The second-order valence-corrected chi connectivity index (χ2v) is 20.3. The van der Waals surface area contributed by atoms with Crippen molar-refractivity contribution in [2.45, 2.75) is 33.9 Å². The van der Waals surface area contributed by atoms with E-state index in [0.29, 0.717) is 56.1 Å².